The van der Waals surface area contributed by atoms with Crippen LogP contribution in [0.4, 0.5) is 4.79 Å². The number of nitrogens with two attached hydrogens (primary N) is 1. The Morgan fingerprint density at radius 3 is 2.44 bits per heavy atom. The molecule has 10 nitrogen and oxygen atoms in total. The van der Waals surface area contributed by atoms with Crippen LogP contribution in [0.2, 0.25) is 0 Å². The van der Waals surface area contributed by atoms with Crippen molar-refractivity contribution in [3.63, 3.8) is 0 Å². The second-order valence-electron chi connectivity index (χ2n) is 7.37. The highest BCUT2D eigenvalue weighted by Crippen LogP contribution is 2.27. The predicted octanol–water partition coefficient (Wildman–Crippen LogP) is 1.29. The second kappa shape index (κ2) is 11.4. The Morgan fingerprint density at radius 1 is 1.12 bits per heavy atom. The molecular weight excluding hydrogens is 438 g/mol. The van der Waals surface area contributed by atoms with Crippen LogP contribution in [0.3, 0.4) is 0 Å². The van der Waals surface area contributed by atoms with Gasteiger partial charge in [-0.2, -0.15) is 5.10 Å². The number of carbonyl (C=O) groups excluding carboxylic acids is 4. The number of methoxy groups -OCH3 is 1. The summed E-state index contributed by atoms with van der Waals surface area (Å²) in [6, 6.07) is 13.9. The molecule has 1 saturated heterocycles. The molecule has 2 aromatic carbocycles. The van der Waals surface area contributed by atoms with E-state index >= 15 is 0 Å². The van der Waals surface area contributed by atoms with Gasteiger partial charge in [0.05, 0.1) is 13.3 Å². The Kier molecular flexibility index (Phi) is 8.11. The van der Waals surface area contributed by atoms with Crippen molar-refractivity contribution in [1.29, 1.82) is 0 Å². The summed E-state index contributed by atoms with van der Waals surface area (Å²) in [5, 5.41) is 6.12. The number of hydrogen-bond acceptors (Lipinski definition) is 7. The quantitative estimate of drug-likeness (QED) is 0.144. The normalized spacial score (nSPS) is 14.7. The van der Waals surface area contributed by atoms with E-state index in [1.807, 2.05) is 24.3 Å². The largest absolute Gasteiger partial charge is 0.467 e. The van der Waals surface area contributed by atoms with Gasteiger partial charge in [-0.3, -0.25) is 9.59 Å². The highest BCUT2D eigenvalue weighted by Gasteiger charge is 2.44. The van der Waals surface area contributed by atoms with Gasteiger partial charge in [-0.15, -0.1) is 0 Å². The molecule has 1 unspecified atom stereocenters. The van der Waals surface area contributed by atoms with Crippen LogP contribution in [0.15, 0.2) is 65.8 Å². The molecule has 0 radical (unpaired) electrons. The van der Waals surface area contributed by atoms with Crippen LogP contribution < -0.4 is 11.2 Å². The maximum atomic E-state index is 12.9. The van der Waals surface area contributed by atoms with Gasteiger partial charge in [0.2, 0.25) is 5.91 Å². The molecule has 1 fully saturated rings. The zero-order valence-electron chi connectivity index (χ0n) is 18.6. The first kappa shape index (κ1) is 24.2. The van der Waals surface area contributed by atoms with Crippen LogP contribution in [0, 0.1) is 0 Å². The average molecular weight is 463 g/mol. The Morgan fingerprint density at radius 2 is 1.79 bits per heavy atom. The summed E-state index contributed by atoms with van der Waals surface area (Å²) in [6.45, 7) is 0.0515. The molecule has 0 saturated carbocycles. The Hall–Kier alpha value is -4.47. The number of hydrazone groups is 1. The van der Waals surface area contributed by atoms with Crippen LogP contribution in [-0.4, -0.2) is 66.6 Å². The number of esters is 1. The molecule has 176 valence electrons. The van der Waals surface area contributed by atoms with Crippen molar-refractivity contribution < 1.29 is 23.9 Å². The number of benzene rings is 2. The number of nitrogens with one attached hydrogen (secondary N) is 1. The molecule has 0 aliphatic carbocycles. The zero-order chi connectivity index (χ0) is 24.5. The summed E-state index contributed by atoms with van der Waals surface area (Å²) in [5.41, 5.74) is 2.12. The maximum absolute atomic E-state index is 12.9. The minimum absolute atomic E-state index is 0.108. The van der Waals surface area contributed by atoms with E-state index in [9.17, 15) is 19.2 Å². The van der Waals surface area contributed by atoms with Crippen molar-refractivity contribution in [2.75, 3.05) is 26.7 Å². The lowest BCUT2D eigenvalue weighted by molar-refractivity contribution is -0.149. The minimum atomic E-state index is -1.17. The van der Waals surface area contributed by atoms with E-state index in [-0.39, 0.29) is 25.5 Å². The topological polar surface area (TPSA) is 134 Å². The Bertz CT molecular complexity index is 1100. The first-order valence-electron chi connectivity index (χ1n) is 10.5. The van der Waals surface area contributed by atoms with Gasteiger partial charge >= 0.3 is 12.0 Å². The second-order valence-corrected chi connectivity index (χ2v) is 7.37. The van der Waals surface area contributed by atoms with Crippen molar-refractivity contribution in [1.82, 2.24) is 15.1 Å². The number of imide groups is 1. The SMILES string of the molecule is COC(=O)C(c1ccccc1)N1C(=O)CN(CCNC(=O)C=Cc2ccc(C=NN)cc2)C1=O. The summed E-state index contributed by atoms with van der Waals surface area (Å²) in [5.74, 6) is 3.53. The zero-order valence-corrected chi connectivity index (χ0v) is 18.6. The monoisotopic (exact) mass is 463 g/mol. The van der Waals surface area contributed by atoms with Crippen LogP contribution in [-0.2, 0) is 19.1 Å². The number of hydrogen-bond donors (Lipinski definition) is 2. The summed E-state index contributed by atoms with van der Waals surface area (Å²) in [7, 11) is 1.20. The molecule has 2 aromatic rings. The Labute approximate surface area is 196 Å². The lowest BCUT2D eigenvalue weighted by Gasteiger charge is -2.24. The first-order valence-corrected chi connectivity index (χ1v) is 10.5. The van der Waals surface area contributed by atoms with Crippen molar-refractivity contribution in [2.45, 2.75) is 6.04 Å². The lowest BCUT2D eigenvalue weighted by Crippen LogP contribution is -2.41. The van der Waals surface area contributed by atoms with E-state index in [1.54, 1.807) is 36.4 Å². The third-order valence-electron chi connectivity index (χ3n) is 5.14. The number of rotatable bonds is 9. The van der Waals surface area contributed by atoms with Crippen molar-refractivity contribution in [3.05, 3.63) is 77.4 Å². The van der Waals surface area contributed by atoms with Crippen LogP contribution in [0.5, 0.6) is 0 Å². The summed E-state index contributed by atoms with van der Waals surface area (Å²) >= 11 is 0. The summed E-state index contributed by atoms with van der Waals surface area (Å²) < 4.78 is 4.83. The molecule has 0 bridgehead atoms. The minimum Gasteiger partial charge on any atom is -0.467 e. The molecule has 1 aliphatic heterocycles. The smallest absolute Gasteiger partial charge is 0.333 e. The van der Waals surface area contributed by atoms with Gasteiger partial charge in [-0.25, -0.2) is 14.5 Å². The highest BCUT2D eigenvalue weighted by molar-refractivity contribution is 6.05. The van der Waals surface area contributed by atoms with E-state index in [0.29, 0.717) is 5.56 Å². The van der Waals surface area contributed by atoms with Gasteiger partial charge in [0.1, 0.15) is 6.54 Å². The van der Waals surface area contributed by atoms with Gasteiger partial charge < -0.3 is 20.8 Å². The highest BCUT2D eigenvalue weighted by atomic mass is 16.5. The van der Waals surface area contributed by atoms with E-state index in [2.05, 4.69) is 10.4 Å². The van der Waals surface area contributed by atoms with Gasteiger partial charge in [0.25, 0.3) is 5.91 Å². The predicted molar refractivity (Wildman–Crippen MR) is 125 cm³/mol. The van der Waals surface area contributed by atoms with E-state index in [4.69, 9.17) is 10.6 Å². The fourth-order valence-electron chi connectivity index (χ4n) is 3.46. The van der Waals surface area contributed by atoms with Crippen LogP contribution >= 0.6 is 0 Å². The van der Waals surface area contributed by atoms with E-state index in [0.717, 1.165) is 16.0 Å². The molecule has 10 heteroatoms. The molecule has 34 heavy (non-hydrogen) atoms. The van der Waals surface area contributed by atoms with Crippen molar-refractivity contribution in [3.8, 4) is 0 Å². The fourth-order valence-corrected chi connectivity index (χ4v) is 3.46. The van der Waals surface area contributed by atoms with Gasteiger partial charge in [-0.1, -0.05) is 54.6 Å². The molecule has 1 heterocycles. The molecule has 1 atom stereocenters. The molecule has 0 aromatic heterocycles. The third kappa shape index (κ3) is 5.85. The number of ether oxygens (including phenoxy) is 1. The number of amides is 4. The van der Waals surface area contributed by atoms with Gasteiger partial charge in [0, 0.05) is 19.2 Å². The van der Waals surface area contributed by atoms with Gasteiger partial charge in [0.15, 0.2) is 6.04 Å². The standard InChI is InChI=1S/C24H25N5O5/c1-34-23(32)22(19-5-3-2-4-6-19)29-21(31)16-28(24(29)33)14-13-26-20(30)12-11-17-7-9-18(10-8-17)15-27-25/h2-12,15,22H,13-14,16,25H2,1H3,(H,26,30). The lowest BCUT2D eigenvalue weighted by atomic mass is 10.1. The molecule has 1 aliphatic rings. The number of urea groups is 1. The average Bonchev–Trinajstić information content (AvgIpc) is 3.12. The molecule has 3 N–H and O–H groups in total. The maximum Gasteiger partial charge on any atom is 0.333 e. The number of nitrogens with zero attached hydrogens (tertiary/aromatic N) is 3. The van der Waals surface area contributed by atoms with Crippen molar-refractivity contribution >= 4 is 36.1 Å². The third-order valence-corrected chi connectivity index (χ3v) is 5.14. The molecule has 4 amide bonds. The molecule has 0 spiro atoms. The summed E-state index contributed by atoms with van der Waals surface area (Å²) in [6.07, 6.45) is 4.53. The van der Waals surface area contributed by atoms with Crippen molar-refractivity contribution in [2.24, 2.45) is 10.9 Å². The number of carbonyl (C=O) groups is 4. The van der Waals surface area contributed by atoms with E-state index in [1.165, 1.54) is 24.3 Å². The Balaban J connectivity index is 1.56. The van der Waals surface area contributed by atoms with Crippen LogP contribution in [0.1, 0.15) is 22.7 Å². The summed E-state index contributed by atoms with van der Waals surface area (Å²) in [4.78, 5) is 52.2. The van der Waals surface area contributed by atoms with E-state index < -0.39 is 23.9 Å². The molecular formula is C24H25N5O5. The van der Waals surface area contributed by atoms with Gasteiger partial charge in [-0.05, 0) is 22.8 Å². The fraction of sp³-hybridized carbons (Fsp3) is 0.208. The van der Waals surface area contributed by atoms with Crippen LogP contribution in [0.25, 0.3) is 6.08 Å². The first-order chi connectivity index (χ1) is 16.4. The molecule has 3 rings (SSSR count).